The molecular formula is C16H24N2O. The molecule has 1 heterocycles. The molecule has 0 atom stereocenters. The van der Waals surface area contributed by atoms with Crippen LogP contribution in [0.2, 0.25) is 0 Å². The number of rotatable bonds is 7. The van der Waals surface area contributed by atoms with Gasteiger partial charge in [-0.25, -0.2) is 0 Å². The lowest BCUT2D eigenvalue weighted by atomic mass is 9.99. The third-order valence-electron chi connectivity index (χ3n) is 3.81. The Morgan fingerprint density at radius 3 is 2.63 bits per heavy atom. The summed E-state index contributed by atoms with van der Waals surface area (Å²) >= 11 is 0. The van der Waals surface area contributed by atoms with Crippen molar-refractivity contribution >= 4 is 5.91 Å². The summed E-state index contributed by atoms with van der Waals surface area (Å²) < 4.78 is 0. The van der Waals surface area contributed by atoms with E-state index in [-0.39, 0.29) is 0 Å². The predicted octanol–water partition coefficient (Wildman–Crippen LogP) is 2.08. The van der Waals surface area contributed by atoms with Gasteiger partial charge in [-0.1, -0.05) is 30.3 Å². The van der Waals surface area contributed by atoms with Crippen LogP contribution >= 0.6 is 0 Å². The zero-order valence-electron chi connectivity index (χ0n) is 11.8. The van der Waals surface area contributed by atoms with E-state index in [1.54, 1.807) is 0 Å². The minimum absolute atomic E-state index is 0.297. The molecule has 1 fully saturated rings. The average molecular weight is 260 g/mol. The number of nitrogens with zero attached hydrogens (tertiary/aromatic N) is 1. The van der Waals surface area contributed by atoms with Crippen LogP contribution < -0.4 is 5.32 Å². The average Bonchev–Trinajstić information content (AvgIpc) is 2.39. The fourth-order valence-electron chi connectivity index (χ4n) is 2.34. The first-order chi connectivity index (χ1) is 9.25. The molecule has 0 spiro atoms. The molecular weight excluding hydrogens is 236 g/mol. The van der Waals surface area contributed by atoms with Crippen LogP contribution in [0.15, 0.2) is 30.3 Å². The molecule has 19 heavy (non-hydrogen) atoms. The third kappa shape index (κ3) is 4.67. The van der Waals surface area contributed by atoms with E-state index in [1.165, 1.54) is 5.56 Å². The molecule has 1 N–H and O–H groups in total. The summed E-state index contributed by atoms with van der Waals surface area (Å²) in [6.07, 6.45) is 4.05. The van der Waals surface area contributed by atoms with Crippen molar-refractivity contribution in [3.8, 4) is 0 Å². The molecule has 0 aromatic heterocycles. The topological polar surface area (TPSA) is 32.3 Å². The summed E-state index contributed by atoms with van der Waals surface area (Å²) in [6.45, 7) is 2.90. The Bertz CT molecular complexity index is 387. The summed E-state index contributed by atoms with van der Waals surface area (Å²) in [7, 11) is 1.93. The Hall–Kier alpha value is -1.35. The van der Waals surface area contributed by atoms with Gasteiger partial charge < -0.3 is 10.2 Å². The van der Waals surface area contributed by atoms with Gasteiger partial charge in [0.1, 0.15) is 0 Å². The van der Waals surface area contributed by atoms with Crippen LogP contribution in [0.5, 0.6) is 0 Å². The quantitative estimate of drug-likeness (QED) is 0.761. The van der Waals surface area contributed by atoms with Crippen molar-refractivity contribution in [3.05, 3.63) is 35.9 Å². The van der Waals surface area contributed by atoms with E-state index in [4.69, 9.17) is 0 Å². The van der Waals surface area contributed by atoms with Gasteiger partial charge in [-0.2, -0.15) is 0 Å². The Balaban J connectivity index is 1.58. The Morgan fingerprint density at radius 2 is 2.00 bits per heavy atom. The molecule has 1 aliphatic rings. The fraction of sp³-hybridized carbons (Fsp3) is 0.562. The van der Waals surface area contributed by atoms with Crippen LogP contribution in [-0.4, -0.2) is 37.5 Å². The molecule has 104 valence electrons. The third-order valence-corrected chi connectivity index (χ3v) is 3.81. The van der Waals surface area contributed by atoms with Crippen molar-refractivity contribution in [2.24, 2.45) is 5.92 Å². The number of unbranched alkanes of at least 4 members (excludes halogenated alkanes) is 1. The molecule has 1 saturated heterocycles. The van der Waals surface area contributed by atoms with E-state index in [2.05, 4.69) is 29.6 Å². The monoisotopic (exact) mass is 260 g/mol. The first kappa shape index (κ1) is 14.1. The number of carbonyl (C=O) groups excluding carboxylic acids is 1. The van der Waals surface area contributed by atoms with Crippen LogP contribution in [0.4, 0.5) is 0 Å². The smallest absolute Gasteiger partial charge is 0.222 e. The molecule has 1 aromatic rings. The highest BCUT2D eigenvalue weighted by molar-refractivity contribution is 5.76. The second-order valence-electron chi connectivity index (χ2n) is 5.49. The summed E-state index contributed by atoms with van der Waals surface area (Å²) in [5, 5.41) is 3.21. The van der Waals surface area contributed by atoms with Gasteiger partial charge in [-0.05, 0) is 43.8 Å². The molecule has 0 aliphatic carbocycles. The normalized spacial score (nSPS) is 15.0. The minimum atomic E-state index is 0.297. The Kier molecular flexibility index (Phi) is 5.40. The fourth-order valence-corrected chi connectivity index (χ4v) is 2.34. The number of hydrogen-bond acceptors (Lipinski definition) is 2. The van der Waals surface area contributed by atoms with E-state index in [1.807, 2.05) is 18.0 Å². The maximum Gasteiger partial charge on any atom is 0.222 e. The molecule has 0 bridgehead atoms. The molecule has 3 nitrogen and oxygen atoms in total. The van der Waals surface area contributed by atoms with E-state index < -0.39 is 0 Å². The molecule has 0 saturated carbocycles. The number of nitrogens with one attached hydrogen (secondary N) is 1. The number of carbonyl (C=O) groups is 1. The van der Waals surface area contributed by atoms with Gasteiger partial charge in [-0.3, -0.25) is 4.79 Å². The largest absolute Gasteiger partial charge is 0.346 e. The summed E-state index contributed by atoms with van der Waals surface area (Å²) in [5.41, 5.74) is 1.39. The van der Waals surface area contributed by atoms with Crippen molar-refractivity contribution in [3.63, 3.8) is 0 Å². The van der Waals surface area contributed by atoms with Crippen LogP contribution in [0.1, 0.15) is 24.8 Å². The van der Waals surface area contributed by atoms with Gasteiger partial charge >= 0.3 is 0 Å². The molecule has 0 radical (unpaired) electrons. The zero-order chi connectivity index (χ0) is 13.5. The second kappa shape index (κ2) is 7.29. The number of hydrogen-bond donors (Lipinski definition) is 1. The lowest BCUT2D eigenvalue weighted by Gasteiger charge is -2.28. The Morgan fingerprint density at radius 1 is 1.26 bits per heavy atom. The molecule has 1 aliphatic heterocycles. The highest BCUT2D eigenvalue weighted by Gasteiger charge is 2.21. The van der Waals surface area contributed by atoms with Gasteiger partial charge in [0, 0.05) is 20.0 Å². The van der Waals surface area contributed by atoms with E-state index >= 15 is 0 Å². The number of aryl methyl sites for hydroxylation is 1. The minimum Gasteiger partial charge on any atom is -0.346 e. The molecule has 1 amide bonds. The molecule has 2 rings (SSSR count). The molecule has 1 aromatic carbocycles. The lowest BCUT2D eigenvalue weighted by Crippen LogP contribution is -2.44. The molecule has 3 heteroatoms. The lowest BCUT2D eigenvalue weighted by molar-refractivity contribution is -0.131. The SMILES string of the molecule is CN(CCCCc1ccccc1)C(=O)CC1CNC1. The number of benzene rings is 1. The first-order valence-electron chi connectivity index (χ1n) is 7.24. The van der Waals surface area contributed by atoms with Gasteiger partial charge in [-0.15, -0.1) is 0 Å². The summed E-state index contributed by atoms with van der Waals surface area (Å²) in [5.74, 6) is 0.866. The Labute approximate surface area is 116 Å². The number of amides is 1. The van der Waals surface area contributed by atoms with E-state index in [0.717, 1.165) is 38.9 Å². The van der Waals surface area contributed by atoms with Crippen molar-refractivity contribution in [1.82, 2.24) is 10.2 Å². The summed E-state index contributed by atoms with van der Waals surface area (Å²) in [4.78, 5) is 13.8. The van der Waals surface area contributed by atoms with Crippen molar-refractivity contribution in [2.75, 3.05) is 26.7 Å². The van der Waals surface area contributed by atoms with E-state index in [0.29, 0.717) is 18.2 Å². The van der Waals surface area contributed by atoms with Crippen molar-refractivity contribution in [1.29, 1.82) is 0 Å². The first-order valence-corrected chi connectivity index (χ1v) is 7.24. The predicted molar refractivity (Wildman–Crippen MR) is 78.0 cm³/mol. The van der Waals surface area contributed by atoms with Gasteiger partial charge in [0.25, 0.3) is 0 Å². The standard InChI is InChI=1S/C16H24N2O/c1-18(16(19)11-15-12-17-13-15)10-6-5-9-14-7-3-2-4-8-14/h2-4,7-8,15,17H,5-6,9-13H2,1H3. The van der Waals surface area contributed by atoms with Crippen LogP contribution in [-0.2, 0) is 11.2 Å². The van der Waals surface area contributed by atoms with Crippen LogP contribution in [0.3, 0.4) is 0 Å². The second-order valence-corrected chi connectivity index (χ2v) is 5.49. The maximum atomic E-state index is 11.9. The van der Waals surface area contributed by atoms with Crippen molar-refractivity contribution in [2.45, 2.75) is 25.7 Å². The van der Waals surface area contributed by atoms with E-state index in [9.17, 15) is 4.79 Å². The highest BCUT2D eigenvalue weighted by atomic mass is 16.2. The van der Waals surface area contributed by atoms with Crippen molar-refractivity contribution < 1.29 is 4.79 Å². The van der Waals surface area contributed by atoms with Gasteiger partial charge in [0.05, 0.1) is 0 Å². The summed E-state index contributed by atoms with van der Waals surface area (Å²) in [6, 6.07) is 10.5. The van der Waals surface area contributed by atoms with Crippen LogP contribution in [0, 0.1) is 5.92 Å². The van der Waals surface area contributed by atoms with Gasteiger partial charge in [0.2, 0.25) is 5.91 Å². The highest BCUT2D eigenvalue weighted by Crippen LogP contribution is 2.11. The zero-order valence-corrected chi connectivity index (χ0v) is 11.8. The van der Waals surface area contributed by atoms with Crippen LogP contribution in [0.25, 0.3) is 0 Å². The maximum absolute atomic E-state index is 11.9. The van der Waals surface area contributed by atoms with Gasteiger partial charge in [0.15, 0.2) is 0 Å². The molecule has 0 unspecified atom stereocenters.